The van der Waals surface area contributed by atoms with Crippen molar-refractivity contribution in [2.75, 3.05) is 6.61 Å². The highest BCUT2D eigenvalue weighted by Gasteiger charge is 2.17. The molecule has 0 saturated heterocycles. The van der Waals surface area contributed by atoms with Gasteiger partial charge in [0.2, 0.25) is 0 Å². The quantitative estimate of drug-likeness (QED) is 0.856. The second kappa shape index (κ2) is 7.36. The third-order valence-corrected chi connectivity index (χ3v) is 3.04. The van der Waals surface area contributed by atoms with Crippen molar-refractivity contribution in [1.82, 2.24) is 5.32 Å². The molecular weight excluding hydrogens is 305 g/mol. The van der Waals surface area contributed by atoms with Gasteiger partial charge in [0.25, 0.3) is 5.91 Å². The van der Waals surface area contributed by atoms with E-state index >= 15 is 0 Å². The lowest BCUT2D eigenvalue weighted by molar-refractivity contribution is -0.309. The van der Waals surface area contributed by atoms with Crippen LogP contribution in [0.5, 0.6) is 5.75 Å². The van der Waals surface area contributed by atoms with E-state index in [0.717, 1.165) is 0 Å². The summed E-state index contributed by atoms with van der Waals surface area (Å²) in [4.78, 5) is 22.5. The number of aliphatic carboxylic acids is 1. The molecule has 0 unspecified atom stereocenters. The number of hydrogen-bond donors (Lipinski definition) is 1. The molecule has 0 aliphatic carbocycles. The first kappa shape index (κ1) is 16.6. The summed E-state index contributed by atoms with van der Waals surface area (Å²) < 4.78 is 5.20. The number of carboxylic acids is 1. The molecule has 1 atom stereocenters. The van der Waals surface area contributed by atoms with Crippen LogP contribution in [-0.4, -0.2) is 24.5 Å². The van der Waals surface area contributed by atoms with Gasteiger partial charge in [-0.1, -0.05) is 37.0 Å². The molecule has 1 amide bonds. The Balaban J connectivity index is 2.59. The van der Waals surface area contributed by atoms with Gasteiger partial charge in [0.05, 0.1) is 17.0 Å². The van der Waals surface area contributed by atoms with E-state index in [9.17, 15) is 14.7 Å². The van der Waals surface area contributed by atoms with Gasteiger partial charge >= 0.3 is 0 Å². The highest BCUT2D eigenvalue weighted by atomic mass is 35.5. The summed E-state index contributed by atoms with van der Waals surface area (Å²) in [6, 6.07) is 3.52. The van der Waals surface area contributed by atoms with Crippen LogP contribution in [0, 0.1) is 5.92 Å². The lowest BCUT2D eigenvalue weighted by atomic mass is 10.1. The Morgan fingerprint density at radius 1 is 1.35 bits per heavy atom. The van der Waals surface area contributed by atoms with Crippen molar-refractivity contribution in [3.63, 3.8) is 0 Å². The van der Waals surface area contributed by atoms with Gasteiger partial charge in [-0.15, -0.1) is 0 Å². The van der Waals surface area contributed by atoms with E-state index in [1.54, 1.807) is 19.9 Å². The number of benzene rings is 1. The molecule has 0 aromatic heterocycles. The molecular formula is C13H14Cl2NO4-. The van der Waals surface area contributed by atoms with E-state index in [1.807, 2.05) is 0 Å². The lowest BCUT2D eigenvalue weighted by Gasteiger charge is -2.23. The van der Waals surface area contributed by atoms with Crippen LogP contribution < -0.4 is 15.2 Å². The van der Waals surface area contributed by atoms with Crippen molar-refractivity contribution in [3.05, 3.63) is 28.2 Å². The first-order valence-electron chi connectivity index (χ1n) is 5.89. The average molecular weight is 319 g/mol. The fourth-order valence-corrected chi connectivity index (χ4v) is 1.78. The van der Waals surface area contributed by atoms with E-state index in [1.165, 1.54) is 12.1 Å². The molecule has 1 N–H and O–H groups in total. The number of carbonyl (C=O) groups excluding carboxylic acids is 2. The topological polar surface area (TPSA) is 78.5 Å². The molecule has 1 aromatic carbocycles. The lowest BCUT2D eigenvalue weighted by Crippen LogP contribution is -2.51. The van der Waals surface area contributed by atoms with E-state index in [2.05, 4.69) is 5.32 Å². The molecule has 0 heterocycles. The Morgan fingerprint density at radius 3 is 2.55 bits per heavy atom. The first-order valence-corrected chi connectivity index (χ1v) is 6.65. The maximum absolute atomic E-state index is 11.6. The number of halogens is 2. The molecule has 0 spiro atoms. The third kappa shape index (κ3) is 4.90. The van der Waals surface area contributed by atoms with E-state index in [4.69, 9.17) is 27.9 Å². The number of ether oxygens (including phenoxy) is 1. The van der Waals surface area contributed by atoms with Crippen LogP contribution in [0.1, 0.15) is 13.8 Å². The summed E-state index contributed by atoms with van der Waals surface area (Å²) in [5.41, 5.74) is 0. The van der Waals surface area contributed by atoms with Crippen molar-refractivity contribution < 1.29 is 19.4 Å². The van der Waals surface area contributed by atoms with Crippen molar-refractivity contribution >= 4 is 35.1 Å². The molecule has 1 rings (SSSR count). The summed E-state index contributed by atoms with van der Waals surface area (Å²) in [5, 5.41) is 13.9. The molecule has 0 fully saturated rings. The first-order chi connectivity index (χ1) is 9.31. The molecule has 7 heteroatoms. The van der Waals surface area contributed by atoms with E-state index < -0.39 is 17.9 Å². The average Bonchev–Trinajstić information content (AvgIpc) is 2.36. The van der Waals surface area contributed by atoms with Crippen molar-refractivity contribution in [2.45, 2.75) is 19.9 Å². The molecule has 20 heavy (non-hydrogen) atoms. The minimum atomic E-state index is -1.34. The van der Waals surface area contributed by atoms with Crippen LogP contribution in [0.25, 0.3) is 0 Å². The largest absolute Gasteiger partial charge is 0.548 e. The number of hydrogen-bond acceptors (Lipinski definition) is 4. The molecule has 0 saturated carbocycles. The number of nitrogens with one attached hydrogen (secondary N) is 1. The summed E-state index contributed by atoms with van der Waals surface area (Å²) in [6.45, 7) is 2.96. The molecule has 0 radical (unpaired) electrons. The molecule has 5 nitrogen and oxygen atoms in total. The maximum Gasteiger partial charge on any atom is 0.258 e. The third-order valence-electron chi connectivity index (χ3n) is 2.49. The normalized spacial score (nSPS) is 12.1. The van der Waals surface area contributed by atoms with Gasteiger partial charge in [0.15, 0.2) is 6.61 Å². The molecule has 1 aromatic rings. The predicted molar refractivity (Wildman–Crippen MR) is 73.7 cm³/mol. The SMILES string of the molecule is CC(C)[C@H](NC(=O)COc1cc(Cl)ccc1Cl)C(=O)[O-]. The van der Waals surface area contributed by atoms with Crippen LogP contribution in [0.4, 0.5) is 0 Å². The highest BCUT2D eigenvalue weighted by Crippen LogP contribution is 2.27. The van der Waals surface area contributed by atoms with Crippen molar-refractivity contribution in [2.24, 2.45) is 5.92 Å². The van der Waals surface area contributed by atoms with Gasteiger partial charge in [-0.25, -0.2) is 0 Å². The summed E-state index contributed by atoms with van der Waals surface area (Å²) >= 11 is 11.6. The van der Waals surface area contributed by atoms with E-state index in [-0.39, 0.29) is 18.3 Å². The van der Waals surface area contributed by atoms with Crippen molar-refractivity contribution in [1.29, 1.82) is 0 Å². The Labute approximate surface area is 126 Å². The number of amides is 1. The smallest absolute Gasteiger partial charge is 0.258 e. The Bertz CT molecular complexity index is 505. The van der Waals surface area contributed by atoms with Crippen LogP contribution in [0.2, 0.25) is 10.0 Å². The van der Waals surface area contributed by atoms with Gasteiger partial charge < -0.3 is 20.0 Å². The van der Waals surface area contributed by atoms with Crippen LogP contribution >= 0.6 is 23.2 Å². The zero-order valence-electron chi connectivity index (χ0n) is 11.0. The van der Waals surface area contributed by atoms with Gasteiger partial charge in [-0.3, -0.25) is 4.79 Å². The molecule has 0 bridgehead atoms. The van der Waals surface area contributed by atoms with Gasteiger partial charge in [-0.2, -0.15) is 0 Å². The van der Waals surface area contributed by atoms with Crippen LogP contribution in [0.15, 0.2) is 18.2 Å². The molecule has 110 valence electrons. The Morgan fingerprint density at radius 2 is 2.00 bits per heavy atom. The zero-order chi connectivity index (χ0) is 15.3. The fourth-order valence-electron chi connectivity index (χ4n) is 1.44. The van der Waals surface area contributed by atoms with Gasteiger partial charge in [0.1, 0.15) is 5.75 Å². The summed E-state index contributed by atoms with van der Waals surface area (Å²) in [6.07, 6.45) is 0. The monoisotopic (exact) mass is 318 g/mol. The zero-order valence-corrected chi connectivity index (χ0v) is 12.5. The maximum atomic E-state index is 11.6. The Kier molecular flexibility index (Phi) is 6.10. The minimum absolute atomic E-state index is 0.254. The standard InChI is InChI=1S/C13H15Cl2NO4/c1-7(2)12(13(18)19)16-11(17)6-20-10-5-8(14)3-4-9(10)15/h3-5,7,12H,6H2,1-2H3,(H,16,17)(H,18,19)/p-1/t12-/m0/s1. The van der Waals surface area contributed by atoms with Crippen LogP contribution in [0.3, 0.4) is 0 Å². The Hall–Kier alpha value is -1.46. The fraction of sp³-hybridized carbons (Fsp3) is 0.385. The van der Waals surface area contributed by atoms with Gasteiger partial charge in [0, 0.05) is 11.1 Å². The molecule has 0 aliphatic heterocycles. The number of carboxylic acid groups (broad SMARTS) is 1. The summed E-state index contributed by atoms with van der Waals surface area (Å²) in [7, 11) is 0. The van der Waals surface area contributed by atoms with Crippen molar-refractivity contribution in [3.8, 4) is 5.75 Å². The second-order valence-corrected chi connectivity index (χ2v) is 5.32. The van der Waals surface area contributed by atoms with Crippen LogP contribution in [-0.2, 0) is 9.59 Å². The predicted octanol–water partition coefficient (Wildman–Crippen LogP) is 1.26. The molecule has 0 aliphatic rings. The number of rotatable bonds is 6. The second-order valence-electron chi connectivity index (χ2n) is 4.47. The van der Waals surface area contributed by atoms with Gasteiger partial charge in [-0.05, 0) is 18.1 Å². The highest BCUT2D eigenvalue weighted by molar-refractivity contribution is 6.34. The number of carbonyl (C=O) groups is 2. The minimum Gasteiger partial charge on any atom is -0.548 e. The summed E-state index contributed by atoms with van der Waals surface area (Å²) in [5.74, 6) is -1.96. The van der Waals surface area contributed by atoms with E-state index in [0.29, 0.717) is 10.0 Å².